The minimum atomic E-state index is -4.61. The van der Waals surface area contributed by atoms with Gasteiger partial charge in [-0.05, 0) is 89.9 Å². The van der Waals surface area contributed by atoms with Gasteiger partial charge in [0.25, 0.3) is 7.82 Å². The Bertz CT molecular complexity index is 1650. The summed E-state index contributed by atoms with van der Waals surface area (Å²) in [4.78, 5) is 25.5. The van der Waals surface area contributed by atoms with Crippen LogP contribution in [0.3, 0.4) is 0 Å². The lowest BCUT2D eigenvalue weighted by atomic mass is 10.0. The monoisotopic (exact) mass is 1080 g/mol. The van der Waals surface area contributed by atoms with Crippen molar-refractivity contribution in [3.63, 3.8) is 0 Å². The van der Waals surface area contributed by atoms with E-state index in [1.165, 1.54) is 116 Å². The molecule has 3 unspecified atom stereocenters. The van der Waals surface area contributed by atoms with Crippen molar-refractivity contribution in [2.75, 3.05) is 40.9 Å². The number of amides is 1. The molecule has 0 bridgehead atoms. The summed E-state index contributed by atoms with van der Waals surface area (Å²) >= 11 is 0. The van der Waals surface area contributed by atoms with Gasteiger partial charge in [-0.3, -0.25) is 9.36 Å². The van der Waals surface area contributed by atoms with Crippen molar-refractivity contribution in [3.05, 3.63) is 122 Å². The lowest BCUT2D eigenvalue weighted by molar-refractivity contribution is -0.870. The predicted molar refractivity (Wildman–Crippen MR) is 329 cm³/mol. The molecular weight excluding hydrogens is 960 g/mol. The summed E-state index contributed by atoms with van der Waals surface area (Å²) in [7, 11) is 1.24. The van der Waals surface area contributed by atoms with Gasteiger partial charge < -0.3 is 28.8 Å². The van der Waals surface area contributed by atoms with Gasteiger partial charge in [-0.25, -0.2) is 0 Å². The first-order chi connectivity index (χ1) is 37.0. The van der Waals surface area contributed by atoms with E-state index < -0.39 is 20.0 Å². The number of carbonyl (C=O) groups excluding carboxylic acids is 1. The standard InChI is InChI=1S/C67H117N2O6P/c1-6-8-10-12-14-16-18-20-22-24-25-26-27-28-29-30-31-32-33-34-35-36-37-38-39-40-41-42-43-45-47-49-51-53-55-57-59-61-67(71)68-65(64-75-76(72,73)74-63-62-69(3,4)5)66(70)60-58-56-54-52-50-48-46-44-23-21-19-17-15-13-11-9-7-2/h8,10,14,16,20,22,25-26,28-29,31-32,34-35,37-38,40-41,58,60,65-66,70H,6-7,9,11-13,15,17-19,21,23-24,27,30,33,36,39,42-57,59,61-64H2,1-5H3,(H-,68,71,72,73)/b10-8-,16-14-,22-20-,26-25-,29-28-,32-31-,35-34-,38-37-,41-40-,60-58+. The second-order valence-corrected chi connectivity index (χ2v) is 23.1. The van der Waals surface area contributed by atoms with Crippen LogP contribution in [0.1, 0.15) is 245 Å². The lowest BCUT2D eigenvalue weighted by Crippen LogP contribution is -2.45. The summed E-state index contributed by atoms with van der Waals surface area (Å²) in [5.74, 6) is -0.208. The van der Waals surface area contributed by atoms with Crippen molar-refractivity contribution in [3.8, 4) is 0 Å². The minimum absolute atomic E-state index is 0.00751. The first-order valence-corrected chi connectivity index (χ1v) is 32.4. The molecule has 0 saturated heterocycles. The van der Waals surface area contributed by atoms with E-state index in [0.717, 1.165) is 109 Å². The summed E-state index contributed by atoms with van der Waals surface area (Å²) in [5, 5.41) is 13.9. The maximum Gasteiger partial charge on any atom is 0.268 e. The van der Waals surface area contributed by atoms with Crippen molar-refractivity contribution in [1.29, 1.82) is 0 Å². The fourth-order valence-electron chi connectivity index (χ4n) is 8.38. The van der Waals surface area contributed by atoms with Gasteiger partial charge >= 0.3 is 0 Å². The van der Waals surface area contributed by atoms with E-state index in [-0.39, 0.29) is 19.1 Å². The largest absolute Gasteiger partial charge is 0.756 e. The van der Waals surface area contributed by atoms with Crippen molar-refractivity contribution in [2.45, 2.75) is 257 Å². The molecule has 0 aromatic heterocycles. The number of aliphatic hydroxyl groups is 1. The van der Waals surface area contributed by atoms with Crippen LogP contribution in [0, 0.1) is 0 Å². The fraction of sp³-hybridized carbons (Fsp3) is 0.687. The van der Waals surface area contributed by atoms with E-state index in [0.29, 0.717) is 17.4 Å². The van der Waals surface area contributed by atoms with Crippen LogP contribution in [0.15, 0.2) is 122 Å². The number of likely N-dealkylation sites (N-methyl/N-ethyl adjacent to an activating group) is 1. The molecule has 0 aromatic rings. The highest BCUT2D eigenvalue weighted by Gasteiger charge is 2.23. The van der Waals surface area contributed by atoms with Gasteiger partial charge in [0, 0.05) is 6.42 Å². The maximum absolute atomic E-state index is 13.0. The van der Waals surface area contributed by atoms with Crippen LogP contribution in [-0.2, 0) is 18.4 Å². The number of carbonyl (C=O) groups is 1. The molecular formula is C67H117N2O6P. The summed E-state index contributed by atoms with van der Waals surface area (Å²) in [6.45, 7) is 4.53. The molecule has 436 valence electrons. The number of hydrogen-bond acceptors (Lipinski definition) is 6. The third-order valence-corrected chi connectivity index (χ3v) is 14.1. The Kier molecular flexibility index (Phi) is 54.3. The van der Waals surface area contributed by atoms with Gasteiger partial charge in [-0.15, -0.1) is 0 Å². The van der Waals surface area contributed by atoms with Crippen molar-refractivity contribution >= 4 is 13.7 Å². The molecule has 0 radical (unpaired) electrons. The number of hydrogen-bond donors (Lipinski definition) is 2. The number of aliphatic hydroxyl groups excluding tert-OH is 1. The van der Waals surface area contributed by atoms with Crippen LogP contribution in [0.5, 0.6) is 0 Å². The maximum atomic E-state index is 13.0. The number of allylic oxidation sites excluding steroid dienone is 19. The third-order valence-electron chi connectivity index (χ3n) is 13.2. The van der Waals surface area contributed by atoms with Gasteiger partial charge in [-0.2, -0.15) is 0 Å². The average Bonchev–Trinajstić information content (AvgIpc) is 3.38. The molecule has 0 rings (SSSR count). The highest BCUT2D eigenvalue weighted by molar-refractivity contribution is 7.45. The van der Waals surface area contributed by atoms with E-state index in [4.69, 9.17) is 9.05 Å². The second kappa shape index (κ2) is 56.6. The molecule has 8 nitrogen and oxygen atoms in total. The molecule has 0 fully saturated rings. The zero-order valence-corrected chi connectivity index (χ0v) is 50.6. The zero-order chi connectivity index (χ0) is 55.6. The Labute approximate surface area is 469 Å². The molecule has 0 aliphatic rings. The van der Waals surface area contributed by atoms with Gasteiger partial charge in [0.1, 0.15) is 13.2 Å². The first kappa shape index (κ1) is 72.9. The van der Waals surface area contributed by atoms with Crippen LogP contribution in [0.25, 0.3) is 0 Å². The van der Waals surface area contributed by atoms with E-state index in [1.54, 1.807) is 6.08 Å². The molecule has 1 amide bonds. The van der Waals surface area contributed by atoms with Gasteiger partial charge in [0.15, 0.2) is 0 Å². The molecule has 0 aromatic carbocycles. The Morgan fingerprint density at radius 2 is 0.803 bits per heavy atom. The van der Waals surface area contributed by atoms with E-state index in [9.17, 15) is 19.4 Å². The molecule has 0 saturated carbocycles. The SMILES string of the molecule is CC/C=C\C/C=C\C/C=C\C/C=C\C/C=C\C/C=C\C/C=C\C/C=C\C/C=C\CCCCCCCCCCCC(=O)NC(COP(=O)([O-])OCC[N+](C)(C)C)C(O)/C=C/CCCCCCCCCCCCCCCCC. The highest BCUT2D eigenvalue weighted by atomic mass is 31.2. The summed E-state index contributed by atoms with van der Waals surface area (Å²) < 4.78 is 23.4. The summed E-state index contributed by atoms with van der Waals surface area (Å²) in [5.41, 5.74) is 0. The number of nitrogens with zero attached hydrogens (tertiary/aromatic N) is 1. The lowest BCUT2D eigenvalue weighted by Gasteiger charge is -2.29. The van der Waals surface area contributed by atoms with Crippen LogP contribution < -0.4 is 10.2 Å². The number of phosphoric ester groups is 1. The Morgan fingerprint density at radius 3 is 1.17 bits per heavy atom. The van der Waals surface area contributed by atoms with Crippen LogP contribution in [-0.4, -0.2) is 68.5 Å². The van der Waals surface area contributed by atoms with Crippen molar-refractivity contribution in [2.24, 2.45) is 0 Å². The first-order valence-electron chi connectivity index (χ1n) is 30.9. The molecule has 0 spiro atoms. The van der Waals surface area contributed by atoms with Crippen LogP contribution in [0.4, 0.5) is 0 Å². The molecule has 76 heavy (non-hydrogen) atoms. The average molecular weight is 1080 g/mol. The molecule has 3 atom stereocenters. The summed E-state index contributed by atoms with van der Waals surface area (Å²) in [6, 6.07) is -0.898. The minimum Gasteiger partial charge on any atom is -0.756 e. The topological polar surface area (TPSA) is 108 Å². The number of phosphoric acid groups is 1. The predicted octanol–water partition coefficient (Wildman–Crippen LogP) is 18.7. The van der Waals surface area contributed by atoms with Gasteiger partial charge in [0.2, 0.25) is 5.91 Å². The van der Waals surface area contributed by atoms with Crippen molar-refractivity contribution < 1.29 is 32.9 Å². The van der Waals surface area contributed by atoms with Crippen LogP contribution >= 0.6 is 7.82 Å². The number of rotatable bonds is 55. The van der Waals surface area contributed by atoms with Gasteiger partial charge in [-0.1, -0.05) is 270 Å². The Morgan fingerprint density at radius 1 is 0.474 bits per heavy atom. The van der Waals surface area contributed by atoms with E-state index in [1.807, 2.05) is 27.2 Å². The quantitative estimate of drug-likeness (QED) is 0.0272. The second-order valence-electron chi connectivity index (χ2n) is 21.7. The van der Waals surface area contributed by atoms with Crippen molar-refractivity contribution in [1.82, 2.24) is 5.32 Å². The zero-order valence-electron chi connectivity index (χ0n) is 49.7. The number of unbranched alkanes of at least 4 members (excludes halogenated alkanes) is 24. The number of quaternary nitrogens is 1. The summed E-state index contributed by atoms with van der Waals surface area (Å²) in [6.07, 6.45) is 84.2. The Balaban J connectivity index is 4.16. The highest BCUT2D eigenvalue weighted by Crippen LogP contribution is 2.38. The van der Waals surface area contributed by atoms with Gasteiger partial charge in [0.05, 0.1) is 39.9 Å². The molecule has 9 heteroatoms. The van der Waals surface area contributed by atoms with E-state index in [2.05, 4.69) is 129 Å². The third kappa shape index (κ3) is 58.6. The normalized spacial score (nSPS) is 14.7. The number of nitrogens with one attached hydrogen (secondary N) is 1. The fourth-order valence-corrected chi connectivity index (χ4v) is 9.10. The molecule has 0 aliphatic carbocycles. The smallest absolute Gasteiger partial charge is 0.268 e. The van der Waals surface area contributed by atoms with Crippen LogP contribution in [0.2, 0.25) is 0 Å². The van der Waals surface area contributed by atoms with E-state index >= 15 is 0 Å². The Hall–Kier alpha value is -3.10. The molecule has 0 heterocycles. The molecule has 0 aliphatic heterocycles. The molecule has 2 N–H and O–H groups in total.